The van der Waals surface area contributed by atoms with Gasteiger partial charge in [0.1, 0.15) is 0 Å². The van der Waals surface area contributed by atoms with E-state index in [1.165, 1.54) is 38.6 Å². The van der Waals surface area contributed by atoms with Crippen LogP contribution in [0.2, 0.25) is 0 Å². The van der Waals surface area contributed by atoms with Crippen LogP contribution in [0.25, 0.3) is 21.9 Å². The predicted molar refractivity (Wildman–Crippen MR) is 103 cm³/mol. The normalized spacial score (nSPS) is 13.0. The van der Waals surface area contributed by atoms with Gasteiger partial charge in [-0.05, 0) is 44.2 Å². The number of aliphatic hydroxyl groups is 1. The molecule has 0 aromatic heterocycles. The Kier molecular flexibility index (Phi) is 3.22. The van der Waals surface area contributed by atoms with Crippen LogP contribution in [0.5, 0.6) is 0 Å². The molecule has 0 radical (unpaired) electrons. The fraction of sp³-hybridized carbons (Fsp3) is 0.0833. The Labute approximate surface area is 147 Å². The maximum Gasteiger partial charge on any atom is 0.0685 e. The number of fused-ring (bicyclic) bond motifs is 4. The summed E-state index contributed by atoms with van der Waals surface area (Å²) in [5.41, 5.74) is 7.51. The molecule has 1 heteroatoms. The van der Waals surface area contributed by atoms with Crippen molar-refractivity contribution in [3.05, 3.63) is 107 Å². The Morgan fingerprint density at radius 2 is 1.24 bits per heavy atom. The molecule has 25 heavy (non-hydrogen) atoms. The maximum absolute atomic E-state index is 10.0. The molecule has 0 spiro atoms. The molecule has 0 bridgehead atoms. The molecule has 0 heterocycles. The quantitative estimate of drug-likeness (QED) is 0.455. The highest BCUT2D eigenvalue weighted by Crippen LogP contribution is 2.50. The summed E-state index contributed by atoms with van der Waals surface area (Å²) in [5.74, 6) is 0.167. The molecule has 0 unspecified atom stereocenters. The van der Waals surface area contributed by atoms with Crippen molar-refractivity contribution in [1.29, 1.82) is 0 Å². The number of hydrogen-bond acceptors (Lipinski definition) is 1. The smallest absolute Gasteiger partial charge is 0.0685 e. The van der Waals surface area contributed by atoms with Crippen molar-refractivity contribution < 1.29 is 5.11 Å². The molecule has 0 fully saturated rings. The van der Waals surface area contributed by atoms with E-state index < -0.39 is 0 Å². The lowest BCUT2D eigenvalue weighted by molar-refractivity contribution is 0.280. The minimum atomic E-state index is 0.0565. The highest BCUT2D eigenvalue weighted by molar-refractivity contribution is 5.91. The third-order valence-electron chi connectivity index (χ3n) is 5.35. The summed E-state index contributed by atoms with van der Waals surface area (Å²) in [6, 6.07) is 30.0. The molecule has 0 amide bonds. The van der Waals surface area contributed by atoms with Gasteiger partial charge in [0.2, 0.25) is 0 Å². The summed E-state index contributed by atoms with van der Waals surface area (Å²) in [7, 11) is 0. The van der Waals surface area contributed by atoms with Crippen molar-refractivity contribution in [2.45, 2.75) is 12.5 Å². The van der Waals surface area contributed by atoms with Crippen LogP contribution in [0.15, 0.2) is 84.9 Å². The molecule has 1 aliphatic rings. The topological polar surface area (TPSA) is 20.2 Å². The van der Waals surface area contributed by atoms with E-state index in [0.29, 0.717) is 0 Å². The standard InChI is InChI=1S/C24H18O/c25-15-17-14-13-16-7-1-2-8-18(16)23(17)24-21-11-5-3-9-19(21)20-10-4-6-12-22(20)24/h1-14,24-25H,15H2. The molecule has 4 aromatic rings. The van der Waals surface area contributed by atoms with E-state index in [0.717, 1.165) is 5.56 Å². The molecule has 5 rings (SSSR count). The molecule has 120 valence electrons. The van der Waals surface area contributed by atoms with Crippen molar-refractivity contribution in [3.63, 3.8) is 0 Å². The number of rotatable bonds is 2. The van der Waals surface area contributed by atoms with Crippen molar-refractivity contribution >= 4 is 10.8 Å². The van der Waals surface area contributed by atoms with Crippen molar-refractivity contribution in [2.24, 2.45) is 0 Å². The largest absolute Gasteiger partial charge is 0.392 e. The molecule has 1 N–H and O–H groups in total. The summed E-state index contributed by atoms with van der Waals surface area (Å²) in [6.45, 7) is 0.0565. The Bertz CT molecular complexity index is 1050. The average Bonchev–Trinajstić information content (AvgIpc) is 3.01. The Morgan fingerprint density at radius 1 is 0.640 bits per heavy atom. The van der Waals surface area contributed by atoms with Crippen LogP contribution < -0.4 is 0 Å². The van der Waals surface area contributed by atoms with Gasteiger partial charge in [-0.3, -0.25) is 0 Å². The highest BCUT2D eigenvalue weighted by Gasteiger charge is 2.31. The molecule has 1 nitrogen and oxygen atoms in total. The van der Waals surface area contributed by atoms with Crippen LogP contribution in [0, 0.1) is 0 Å². The molecule has 0 atom stereocenters. The van der Waals surface area contributed by atoms with E-state index >= 15 is 0 Å². The second kappa shape index (κ2) is 5.58. The first-order chi connectivity index (χ1) is 12.4. The molecule has 4 aromatic carbocycles. The average molecular weight is 322 g/mol. The van der Waals surface area contributed by atoms with Crippen molar-refractivity contribution in [1.82, 2.24) is 0 Å². The minimum absolute atomic E-state index is 0.0565. The summed E-state index contributed by atoms with van der Waals surface area (Å²) in [4.78, 5) is 0. The molecule has 0 saturated heterocycles. The SMILES string of the molecule is OCc1ccc2ccccc2c1C1c2ccccc2-c2ccccc21. The Balaban J connectivity index is 1.90. The second-order valence-electron chi connectivity index (χ2n) is 6.63. The zero-order valence-electron chi connectivity index (χ0n) is 13.8. The van der Waals surface area contributed by atoms with Crippen LogP contribution in [-0.2, 0) is 6.61 Å². The highest BCUT2D eigenvalue weighted by atomic mass is 16.3. The minimum Gasteiger partial charge on any atom is -0.392 e. The summed E-state index contributed by atoms with van der Waals surface area (Å²) in [5, 5.41) is 12.5. The molecular formula is C24H18O. The van der Waals surface area contributed by atoms with E-state index in [4.69, 9.17) is 0 Å². The van der Waals surface area contributed by atoms with Gasteiger partial charge in [-0.15, -0.1) is 0 Å². The first-order valence-electron chi connectivity index (χ1n) is 8.68. The van der Waals surface area contributed by atoms with E-state index in [-0.39, 0.29) is 12.5 Å². The van der Waals surface area contributed by atoms with Crippen LogP contribution in [0.4, 0.5) is 0 Å². The van der Waals surface area contributed by atoms with Gasteiger partial charge in [0.05, 0.1) is 6.61 Å². The van der Waals surface area contributed by atoms with Crippen LogP contribution in [-0.4, -0.2) is 5.11 Å². The predicted octanol–water partition coefficient (Wildman–Crippen LogP) is 5.49. The fourth-order valence-corrected chi connectivity index (χ4v) is 4.29. The number of hydrogen-bond donors (Lipinski definition) is 1. The van der Waals surface area contributed by atoms with E-state index in [1.54, 1.807) is 0 Å². The van der Waals surface area contributed by atoms with Gasteiger partial charge in [0.25, 0.3) is 0 Å². The van der Waals surface area contributed by atoms with Crippen molar-refractivity contribution in [2.75, 3.05) is 0 Å². The van der Waals surface area contributed by atoms with Gasteiger partial charge in [-0.25, -0.2) is 0 Å². The lowest BCUT2D eigenvalue weighted by Crippen LogP contribution is -2.05. The van der Waals surface area contributed by atoms with Crippen LogP contribution in [0.1, 0.15) is 28.2 Å². The lowest BCUT2D eigenvalue weighted by atomic mass is 9.83. The second-order valence-corrected chi connectivity index (χ2v) is 6.63. The van der Waals surface area contributed by atoms with Crippen LogP contribution in [0.3, 0.4) is 0 Å². The monoisotopic (exact) mass is 322 g/mol. The number of benzene rings is 4. The molecular weight excluding hydrogens is 304 g/mol. The maximum atomic E-state index is 10.0. The van der Waals surface area contributed by atoms with E-state index in [1.807, 2.05) is 0 Å². The molecule has 0 saturated carbocycles. The molecule has 0 aliphatic heterocycles. The summed E-state index contributed by atoms with van der Waals surface area (Å²) >= 11 is 0. The van der Waals surface area contributed by atoms with Crippen LogP contribution >= 0.6 is 0 Å². The van der Waals surface area contributed by atoms with Gasteiger partial charge in [-0.2, -0.15) is 0 Å². The summed E-state index contributed by atoms with van der Waals surface area (Å²) < 4.78 is 0. The van der Waals surface area contributed by atoms with E-state index in [2.05, 4.69) is 84.9 Å². The van der Waals surface area contributed by atoms with Gasteiger partial charge in [0.15, 0.2) is 0 Å². The Morgan fingerprint density at radius 3 is 1.92 bits per heavy atom. The first-order valence-corrected chi connectivity index (χ1v) is 8.68. The van der Waals surface area contributed by atoms with E-state index in [9.17, 15) is 5.11 Å². The van der Waals surface area contributed by atoms with Gasteiger partial charge in [0, 0.05) is 5.92 Å². The zero-order chi connectivity index (χ0) is 16.8. The Hall–Kier alpha value is -2.90. The third-order valence-corrected chi connectivity index (χ3v) is 5.35. The number of aliphatic hydroxyl groups excluding tert-OH is 1. The fourth-order valence-electron chi connectivity index (χ4n) is 4.29. The van der Waals surface area contributed by atoms with Gasteiger partial charge < -0.3 is 5.11 Å². The van der Waals surface area contributed by atoms with Gasteiger partial charge in [-0.1, -0.05) is 84.9 Å². The van der Waals surface area contributed by atoms with Crippen molar-refractivity contribution in [3.8, 4) is 11.1 Å². The third kappa shape index (κ3) is 2.06. The first kappa shape index (κ1) is 14.4. The molecule has 1 aliphatic carbocycles. The zero-order valence-corrected chi connectivity index (χ0v) is 13.8. The van der Waals surface area contributed by atoms with Gasteiger partial charge >= 0.3 is 0 Å². The lowest BCUT2D eigenvalue weighted by Gasteiger charge is -2.20. The summed E-state index contributed by atoms with van der Waals surface area (Å²) in [6.07, 6.45) is 0.